The summed E-state index contributed by atoms with van der Waals surface area (Å²) in [5.74, 6) is 1.52. The van der Waals surface area contributed by atoms with Crippen molar-refractivity contribution >= 4 is 0 Å². The van der Waals surface area contributed by atoms with Crippen molar-refractivity contribution in [2.75, 3.05) is 20.3 Å². The second-order valence-corrected chi connectivity index (χ2v) is 4.13. The van der Waals surface area contributed by atoms with Crippen LogP contribution >= 0.6 is 0 Å². The monoisotopic (exact) mass is 269 g/mol. The van der Waals surface area contributed by atoms with E-state index in [9.17, 15) is 5.11 Å². The van der Waals surface area contributed by atoms with Crippen molar-refractivity contribution in [3.8, 4) is 11.5 Å². The van der Waals surface area contributed by atoms with E-state index in [1.54, 1.807) is 0 Å². The van der Waals surface area contributed by atoms with Crippen LogP contribution in [0.4, 0.5) is 0 Å². The lowest BCUT2D eigenvalue weighted by Gasteiger charge is -2.19. The molecule has 0 aromatic heterocycles. The Balaban J connectivity index is 2.89. The fourth-order valence-electron chi connectivity index (χ4n) is 1.80. The minimum atomic E-state index is -0.995. The Kier molecular flexibility index (Phi) is 6.62. The summed E-state index contributed by atoms with van der Waals surface area (Å²) in [5, 5.41) is 9.56. The average molecular weight is 269 g/mol. The second kappa shape index (κ2) is 7.99. The summed E-state index contributed by atoms with van der Waals surface area (Å²) in [6.45, 7) is 5.02. The molecule has 5 heteroatoms. The number of benzene rings is 1. The van der Waals surface area contributed by atoms with Gasteiger partial charge in [-0.3, -0.25) is 0 Å². The van der Waals surface area contributed by atoms with Gasteiger partial charge < -0.3 is 25.1 Å². The van der Waals surface area contributed by atoms with E-state index in [1.807, 2.05) is 32.0 Å². The Morgan fingerprint density at radius 2 is 1.89 bits per heavy atom. The van der Waals surface area contributed by atoms with Crippen molar-refractivity contribution < 1.29 is 19.3 Å². The van der Waals surface area contributed by atoms with Gasteiger partial charge >= 0.3 is 0 Å². The van der Waals surface area contributed by atoms with Crippen LogP contribution in [-0.2, 0) is 11.2 Å². The van der Waals surface area contributed by atoms with Gasteiger partial charge in [0.15, 0.2) is 6.29 Å². The van der Waals surface area contributed by atoms with E-state index in [0.29, 0.717) is 19.6 Å². The van der Waals surface area contributed by atoms with Crippen molar-refractivity contribution in [2.45, 2.75) is 32.6 Å². The Hall–Kier alpha value is -1.30. The van der Waals surface area contributed by atoms with Crippen LogP contribution in [0.25, 0.3) is 0 Å². The maximum atomic E-state index is 9.56. The Morgan fingerprint density at radius 1 is 1.21 bits per heavy atom. The van der Waals surface area contributed by atoms with E-state index < -0.39 is 12.3 Å². The maximum Gasteiger partial charge on any atom is 0.169 e. The maximum absolute atomic E-state index is 9.56. The van der Waals surface area contributed by atoms with Crippen molar-refractivity contribution in [1.29, 1.82) is 0 Å². The molecule has 0 aliphatic heterocycles. The molecule has 3 N–H and O–H groups in total. The first-order valence-electron chi connectivity index (χ1n) is 6.47. The van der Waals surface area contributed by atoms with Crippen molar-refractivity contribution in [2.24, 2.45) is 5.73 Å². The molecule has 1 aromatic carbocycles. The van der Waals surface area contributed by atoms with Gasteiger partial charge in [0, 0.05) is 7.11 Å². The third-order valence-corrected chi connectivity index (χ3v) is 2.71. The van der Waals surface area contributed by atoms with Gasteiger partial charge in [0.05, 0.1) is 19.3 Å². The highest BCUT2D eigenvalue weighted by atomic mass is 16.6. The van der Waals surface area contributed by atoms with Crippen LogP contribution in [0.2, 0.25) is 0 Å². The van der Waals surface area contributed by atoms with E-state index in [0.717, 1.165) is 17.1 Å². The molecule has 0 aliphatic rings. The van der Waals surface area contributed by atoms with Crippen molar-refractivity contribution in [3.05, 3.63) is 23.8 Å². The van der Waals surface area contributed by atoms with Gasteiger partial charge in [-0.05, 0) is 44.0 Å². The largest absolute Gasteiger partial charge is 0.494 e. The summed E-state index contributed by atoms with van der Waals surface area (Å²) in [4.78, 5) is 0. The van der Waals surface area contributed by atoms with Crippen LogP contribution in [0.5, 0.6) is 11.5 Å². The summed E-state index contributed by atoms with van der Waals surface area (Å²) in [7, 11) is 1.42. The van der Waals surface area contributed by atoms with E-state index >= 15 is 0 Å². The predicted octanol–water partition coefficient (Wildman–Crippen LogP) is 1.32. The van der Waals surface area contributed by atoms with Gasteiger partial charge in [-0.15, -0.1) is 0 Å². The zero-order chi connectivity index (χ0) is 14.3. The summed E-state index contributed by atoms with van der Waals surface area (Å²) in [6.07, 6.45) is -0.546. The first kappa shape index (κ1) is 15.8. The summed E-state index contributed by atoms with van der Waals surface area (Å²) >= 11 is 0. The predicted molar refractivity (Wildman–Crippen MR) is 73.5 cm³/mol. The molecule has 0 heterocycles. The summed E-state index contributed by atoms with van der Waals surface area (Å²) < 4.78 is 15.8. The van der Waals surface area contributed by atoms with E-state index in [4.69, 9.17) is 19.9 Å². The first-order valence-corrected chi connectivity index (χ1v) is 6.47. The number of hydrogen-bond acceptors (Lipinski definition) is 5. The lowest BCUT2D eigenvalue weighted by Crippen LogP contribution is -2.37. The van der Waals surface area contributed by atoms with Gasteiger partial charge in [-0.2, -0.15) is 0 Å². The molecule has 0 fully saturated rings. The molecule has 1 aromatic rings. The second-order valence-electron chi connectivity index (χ2n) is 4.13. The van der Waals surface area contributed by atoms with Crippen LogP contribution in [0.3, 0.4) is 0 Å². The molecular weight excluding hydrogens is 246 g/mol. The lowest BCUT2D eigenvalue weighted by molar-refractivity contribution is -0.0891. The third kappa shape index (κ3) is 4.70. The molecule has 1 unspecified atom stereocenters. The molecule has 1 rings (SSSR count). The van der Waals surface area contributed by atoms with E-state index in [2.05, 4.69) is 0 Å². The quantitative estimate of drug-likeness (QED) is 0.696. The smallest absolute Gasteiger partial charge is 0.169 e. The molecule has 0 saturated heterocycles. The molecule has 0 saturated carbocycles. The number of hydrogen-bond donors (Lipinski definition) is 2. The third-order valence-electron chi connectivity index (χ3n) is 2.71. The van der Waals surface area contributed by atoms with Crippen LogP contribution in [0.1, 0.15) is 19.4 Å². The fraction of sp³-hybridized carbons (Fsp3) is 0.571. The zero-order valence-electron chi connectivity index (χ0n) is 11.8. The minimum absolute atomic E-state index is 0.450. The standard InChI is InChI=1S/C14H23NO4/c1-4-18-11-6-7-13(19-5-2)10(8-11)9-12(15)14(16)17-3/h6-8,12,14,16H,4-5,9,15H2,1-3H3/t12-,14?/m0/s1. The lowest BCUT2D eigenvalue weighted by atomic mass is 10.0. The molecule has 19 heavy (non-hydrogen) atoms. The van der Waals surface area contributed by atoms with Gasteiger partial charge in [0.2, 0.25) is 0 Å². The van der Waals surface area contributed by atoms with E-state index in [-0.39, 0.29) is 0 Å². The Morgan fingerprint density at radius 3 is 2.47 bits per heavy atom. The van der Waals surface area contributed by atoms with Gasteiger partial charge in [-0.25, -0.2) is 0 Å². The van der Waals surface area contributed by atoms with Gasteiger partial charge in [0.1, 0.15) is 11.5 Å². The minimum Gasteiger partial charge on any atom is -0.494 e. The Labute approximate surface area is 114 Å². The summed E-state index contributed by atoms with van der Waals surface area (Å²) in [6, 6.07) is 5.09. The average Bonchev–Trinajstić information content (AvgIpc) is 2.41. The van der Waals surface area contributed by atoms with E-state index in [1.165, 1.54) is 7.11 Å². The van der Waals surface area contributed by atoms with Crippen molar-refractivity contribution in [3.63, 3.8) is 0 Å². The molecule has 0 aliphatic carbocycles. The molecule has 0 radical (unpaired) electrons. The summed E-state index contributed by atoms with van der Waals surface area (Å²) in [5.41, 5.74) is 6.78. The molecular formula is C14H23NO4. The van der Waals surface area contributed by atoms with Gasteiger partial charge in [0.25, 0.3) is 0 Å². The zero-order valence-corrected chi connectivity index (χ0v) is 11.8. The van der Waals surface area contributed by atoms with Crippen LogP contribution < -0.4 is 15.2 Å². The highest BCUT2D eigenvalue weighted by Gasteiger charge is 2.17. The van der Waals surface area contributed by atoms with Crippen LogP contribution in [0.15, 0.2) is 18.2 Å². The number of nitrogens with two attached hydrogens (primary N) is 1. The van der Waals surface area contributed by atoms with Crippen molar-refractivity contribution in [1.82, 2.24) is 0 Å². The molecule has 2 atom stereocenters. The molecule has 0 bridgehead atoms. The molecule has 5 nitrogen and oxygen atoms in total. The topological polar surface area (TPSA) is 73.9 Å². The normalized spacial score (nSPS) is 13.9. The first-order chi connectivity index (χ1) is 9.12. The SMILES string of the molecule is CCOc1ccc(OCC)c(C[C@H](N)C(O)OC)c1. The number of methoxy groups -OCH3 is 1. The Bertz CT molecular complexity index is 384. The highest BCUT2D eigenvalue weighted by molar-refractivity contribution is 5.41. The molecule has 108 valence electrons. The number of rotatable bonds is 8. The highest BCUT2D eigenvalue weighted by Crippen LogP contribution is 2.26. The fourth-order valence-corrected chi connectivity index (χ4v) is 1.80. The molecule has 0 amide bonds. The molecule has 0 spiro atoms. The van der Waals surface area contributed by atoms with Crippen LogP contribution in [-0.4, -0.2) is 37.8 Å². The number of ether oxygens (including phenoxy) is 3. The number of aliphatic hydroxyl groups is 1. The van der Waals surface area contributed by atoms with Crippen LogP contribution in [0, 0.1) is 0 Å². The number of aliphatic hydroxyl groups excluding tert-OH is 1. The van der Waals surface area contributed by atoms with Gasteiger partial charge in [-0.1, -0.05) is 0 Å².